The van der Waals surface area contributed by atoms with E-state index in [1.165, 1.54) is 4.40 Å². The van der Waals surface area contributed by atoms with Gasteiger partial charge in [0.1, 0.15) is 11.9 Å². The van der Waals surface area contributed by atoms with Gasteiger partial charge in [0.05, 0.1) is 12.4 Å². The Hall–Kier alpha value is -2.15. The number of nitrogens with zero attached hydrogens (tertiary/aromatic N) is 4. The van der Waals surface area contributed by atoms with E-state index in [4.69, 9.17) is 4.74 Å². The standard InChI is InChI=1S/C12H13N5O2/c1-7-2-3-8(19-7)17-6-14-9-10(17)15-12-13-4-5-16(12)11(9)18/h4-8H,2-3H2,1H3,(H,13,15). The first-order chi connectivity index (χ1) is 9.24. The molecular weight excluding hydrogens is 246 g/mol. The monoisotopic (exact) mass is 259 g/mol. The first-order valence-corrected chi connectivity index (χ1v) is 6.31. The molecule has 0 saturated carbocycles. The van der Waals surface area contributed by atoms with Gasteiger partial charge in [-0.3, -0.25) is 9.36 Å². The van der Waals surface area contributed by atoms with E-state index >= 15 is 0 Å². The van der Waals surface area contributed by atoms with Gasteiger partial charge in [0, 0.05) is 12.4 Å². The van der Waals surface area contributed by atoms with Crippen molar-refractivity contribution >= 4 is 16.9 Å². The smallest absolute Gasteiger partial charge is 0.287 e. The summed E-state index contributed by atoms with van der Waals surface area (Å²) in [6.45, 7) is 2.05. The van der Waals surface area contributed by atoms with Gasteiger partial charge in [-0.15, -0.1) is 0 Å². The summed E-state index contributed by atoms with van der Waals surface area (Å²) in [5.41, 5.74) is 0.919. The van der Waals surface area contributed by atoms with Gasteiger partial charge in [0.2, 0.25) is 5.78 Å². The van der Waals surface area contributed by atoms with E-state index < -0.39 is 0 Å². The molecule has 0 radical (unpaired) electrons. The fourth-order valence-electron chi connectivity index (χ4n) is 2.63. The number of aromatic nitrogens is 5. The SMILES string of the molecule is CC1CCC(n2cnc3c(=O)n4ccnc4[nH]c32)O1. The van der Waals surface area contributed by atoms with E-state index in [-0.39, 0.29) is 17.9 Å². The third kappa shape index (κ3) is 1.45. The topological polar surface area (TPSA) is 77.2 Å². The molecule has 1 aliphatic heterocycles. The minimum Gasteiger partial charge on any atom is -0.355 e. The van der Waals surface area contributed by atoms with Crippen LogP contribution in [0.1, 0.15) is 26.0 Å². The first kappa shape index (κ1) is 10.7. The average Bonchev–Trinajstić information content (AvgIpc) is 3.07. The predicted octanol–water partition coefficient (Wildman–Crippen LogP) is 1.07. The minimum absolute atomic E-state index is 0.0620. The second kappa shape index (κ2) is 3.67. The molecule has 4 rings (SSSR count). The second-order valence-corrected chi connectivity index (χ2v) is 4.88. The van der Waals surface area contributed by atoms with Gasteiger partial charge in [0.25, 0.3) is 5.56 Å². The number of ether oxygens (including phenoxy) is 1. The number of nitrogens with one attached hydrogen (secondary N) is 1. The zero-order chi connectivity index (χ0) is 13.0. The van der Waals surface area contributed by atoms with Crippen LogP contribution < -0.4 is 5.56 Å². The van der Waals surface area contributed by atoms with Gasteiger partial charge >= 0.3 is 0 Å². The highest BCUT2D eigenvalue weighted by Gasteiger charge is 2.25. The molecule has 1 aliphatic rings. The maximum Gasteiger partial charge on any atom is 0.287 e. The molecule has 0 aromatic carbocycles. The Kier molecular flexibility index (Phi) is 2.08. The Morgan fingerprint density at radius 1 is 1.42 bits per heavy atom. The summed E-state index contributed by atoms with van der Waals surface area (Å²) in [7, 11) is 0. The van der Waals surface area contributed by atoms with Crippen molar-refractivity contribution in [3.63, 3.8) is 0 Å². The molecule has 0 spiro atoms. The van der Waals surface area contributed by atoms with E-state index in [1.54, 1.807) is 18.7 Å². The molecule has 0 bridgehead atoms. The highest BCUT2D eigenvalue weighted by atomic mass is 16.5. The van der Waals surface area contributed by atoms with Crippen LogP contribution in [0.5, 0.6) is 0 Å². The van der Waals surface area contributed by atoms with Crippen molar-refractivity contribution < 1.29 is 4.74 Å². The Bertz CT molecular complexity index is 814. The van der Waals surface area contributed by atoms with Crippen LogP contribution in [-0.2, 0) is 4.74 Å². The summed E-state index contributed by atoms with van der Waals surface area (Å²) in [6, 6.07) is 0. The fourth-order valence-corrected chi connectivity index (χ4v) is 2.63. The lowest BCUT2D eigenvalue weighted by Gasteiger charge is -2.13. The zero-order valence-electron chi connectivity index (χ0n) is 10.4. The van der Waals surface area contributed by atoms with Crippen molar-refractivity contribution in [1.82, 2.24) is 23.9 Å². The molecule has 2 atom stereocenters. The molecule has 1 N–H and O–H groups in total. The number of H-pyrrole nitrogens is 1. The maximum absolute atomic E-state index is 12.2. The summed E-state index contributed by atoms with van der Waals surface area (Å²) >= 11 is 0. The fraction of sp³-hybridized carbons (Fsp3) is 0.417. The van der Waals surface area contributed by atoms with Crippen LogP contribution >= 0.6 is 0 Å². The molecule has 3 aromatic heterocycles. The molecule has 19 heavy (non-hydrogen) atoms. The number of hydrogen-bond acceptors (Lipinski definition) is 4. The molecule has 0 amide bonds. The Labute approximate surface area is 107 Å². The van der Waals surface area contributed by atoms with E-state index in [0.29, 0.717) is 16.9 Å². The summed E-state index contributed by atoms with van der Waals surface area (Å²) in [5.74, 6) is 0.519. The molecular formula is C12H13N5O2. The molecule has 98 valence electrons. The largest absolute Gasteiger partial charge is 0.355 e. The van der Waals surface area contributed by atoms with E-state index in [9.17, 15) is 4.79 Å². The number of imidazole rings is 2. The molecule has 2 unspecified atom stereocenters. The normalized spacial score (nSPS) is 23.6. The third-order valence-corrected chi connectivity index (χ3v) is 3.61. The Balaban J connectivity index is 1.97. The van der Waals surface area contributed by atoms with Crippen molar-refractivity contribution in [3.05, 3.63) is 29.1 Å². The van der Waals surface area contributed by atoms with Gasteiger partial charge in [0.15, 0.2) is 5.52 Å². The second-order valence-electron chi connectivity index (χ2n) is 4.88. The van der Waals surface area contributed by atoms with Crippen LogP contribution in [0.15, 0.2) is 23.5 Å². The highest BCUT2D eigenvalue weighted by Crippen LogP contribution is 2.29. The molecule has 7 nitrogen and oxygen atoms in total. The Morgan fingerprint density at radius 3 is 3.11 bits per heavy atom. The molecule has 1 fully saturated rings. The van der Waals surface area contributed by atoms with Crippen molar-refractivity contribution in [1.29, 1.82) is 0 Å². The molecule has 0 aliphatic carbocycles. The van der Waals surface area contributed by atoms with E-state index in [0.717, 1.165) is 12.8 Å². The lowest BCUT2D eigenvalue weighted by Crippen LogP contribution is -2.15. The highest BCUT2D eigenvalue weighted by molar-refractivity contribution is 5.71. The van der Waals surface area contributed by atoms with Crippen LogP contribution in [0.25, 0.3) is 16.9 Å². The van der Waals surface area contributed by atoms with Crippen LogP contribution in [0.2, 0.25) is 0 Å². The molecule has 7 heteroatoms. The Morgan fingerprint density at radius 2 is 2.32 bits per heavy atom. The van der Waals surface area contributed by atoms with Gasteiger partial charge in [-0.05, 0) is 19.8 Å². The lowest BCUT2D eigenvalue weighted by atomic mass is 10.2. The third-order valence-electron chi connectivity index (χ3n) is 3.61. The van der Waals surface area contributed by atoms with Crippen molar-refractivity contribution in [3.8, 4) is 0 Å². The van der Waals surface area contributed by atoms with Crippen LogP contribution in [-0.4, -0.2) is 30.0 Å². The summed E-state index contributed by atoms with van der Waals surface area (Å²) in [4.78, 5) is 23.7. The number of rotatable bonds is 1. The van der Waals surface area contributed by atoms with E-state index in [2.05, 4.69) is 21.9 Å². The average molecular weight is 259 g/mol. The summed E-state index contributed by atoms with van der Waals surface area (Å²) in [5, 5.41) is 0. The number of hydrogen-bond donors (Lipinski definition) is 1. The summed E-state index contributed by atoms with van der Waals surface area (Å²) in [6.07, 6.45) is 6.99. The lowest BCUT2D eigenvalue weighted by molar-refractivity contribution is 0.0132. The quantitative estimate of drug-likeness (QED) is 0.709. The molecule has 4 heterocycles. The summed E-state index contributed by atoms with van der Waals surface area (Å²) < 4.78 is 9.16. The van der Waals surface area contributed by atoms with Gasteiger partial charge in [-0.1, -0.05) is 0 Å². The predicted molar refractivity (Wildman–Crippen MR) is 67.9 cm³/mol. The van der Waals surface area contributed by atoms with Crippen molar-refractivity contribution in [2.24, 2.45) is 0 Å². The van der Waals surface area contributed by atoms with Crippen molar-refractivity contribution in [2.45, 2.75) is 32.1 Å². The molecule has 1 saturated heterocycles. The van der Waals surface area contributed by atoms with Crippen LogP contribution in [0, 0.1) is 0 Å². The number of aromatic amines is 1. The molecule has 3 aromatic rings. The van der Waals surface area contributed by atoms with Crippen LogP contribution in [0.4, 0.5) is 0 Å². The van der Waals surface area contributed by atoms with Gasteiger partial charge < -0.3 is 9.72 Å². The zero-order valence-corrected chi connectivity index (χ0v) is 10.4. The minimum atomic E-state index is -0.161. The van der Waals surface area contributed by atoms with Crippen molar-refractivity contribution in [2.75, 3.05) is 0 Å². The van der Waals surface area contributed by atoms with E-state index in [1.807, 2.05) is 4.57 Å². The maximum atomic E-state index is 12.2. The first-order valence-electron chi connectivity index (χ1n) is 6.31. The van der Waals surface area contributed by atoms with Crippen LogP contribution in [0.3, 0.4) is 0 Å². The number of fused-ring (bicyclic) bond motifs is 2. The van der Waals surface area contributed by atoms with Gasteiger partial charge in [-0.2, -0.15) is 0 Å². The van der Waals surface area contributed by atoms with Gasteiger partial charge in [-0.25, -0.2) is 14.4 Å².